The minimum Gasteiger partial charge on any atom is -0.338 e. The van der Waals surface area contributed by atoms with E-state index in [0.29, 0.717) is 19.5 Å². The number of hydrogen-bond acceptors (Lipinski definition) is 3. The van der Waals surface area contributed by atoms with Crippen molar-refractivity contribution in [3.63, 3.8) is 0 Å². The lowest BCUT2D eigenvalue weighted by Gasteiger charge is -2.08. The maximum atomic E-state index is 11.5. The summed E-state index contributed by atoms with van der Waals surface area (Å²) in [5, 5.41) is 5.35. The summed E-state index contributed by atoms with van der Waals surface area (Å²) in [5.41, 5.74) is 0.721. The molecule has 1 aromatic rings. The first-order chi connectivity index (χ1) is 8.87. The van der Waals surface area contributed by atoms with E-state index in [9.17, 15) is 13.2 Å². The van der Waals surface area contributed by atoms with Crippen LogP contribution in [0.4, 0.5) is 10.5 Å². The van der Waals surface area contributed by atoms with Gasteiger partial charge in [0.25, 0.3) is 0 Å². The number of anilines is 1. The molecule has 0 aliphatic carbocycles. The van der Waals surface area contributed by atoms with Gasteiger partial charge in [-0.3, -0.25) is 0 Å². The molecule has 0 aliphatic heterocycles. The molecule has 0 unspecified atom stereocenters. The lowest BCUT2D eigenvalue weighted by Crippen LogP contribution is -2.32. The number of amides is 2. The first-order valence-corrected chi connectivity index (χ1v) is 8.59. The Morgan fingerprint density at radius 1 is 1.32 bits per heavy atom. The van der Waals surface area contributed by atoms with Crippen LogP contribution in [0.25, 0.3) is 0 Å². The van der Waals surface area contributed by atoms with Gasteiger partial charge in [-0.1, -0.05) is 6.07 Å². The first-order valence-electron chi connectivity index (χ1n) is 5.62. The third-order valence-electron chi connectivity index (χ3n) is 2.09. The van der Waals surface area contributed by atoms with E-state index in [1.165, 1.54) is 0 Å². The van der Waals surface area contributed by atoms with Gasteiger partial charge in [0.1, 0.15) is 0 Å². The van der Waals surface area contributed by atoms with Crippen LogP contribution in [-0.2, 0) is 10.0 Å². The van der Waals surface area contributed by atoms with Crippen molar-refractivity contribution in [1.29, 1.82) is 0 Å². The van der Waals surface area contributed by atoms with Crippen LogP contribution >= 0.6 is 22.6 Å². The fourth-order valence-corrected chi connectivity index (χ4v) is 2.35. The molecule has 0 aromatic heterocycles. The minimum atomic E-state index is -3.16. The molecule has 6 nitrogen and oxygen atoms in total. The van der Waals surface area contributed by atoms with E-state index in [0.717, 1.165) is 15.5 Å². The zero-order chi connectivity index (χ0) is 14.3. The Balaban J connectivity index is 2.22. The SMILES string of the molecule is CS(=O)(=O)NCCCNC(=O)Nc1cccc(I)c1. The molecule has 106 valence electrons. The second-order valence-corrected chi connectivity index (χ2v) is 6.99. The summed E-state index contributed by atoms with van der Waals surface area (Å²) >= 11 is 2.16. The van der Waals surface area contributed by atoms with E-state index in [-0.39, 0.29) is 6.03 Å². The number of carbonyl (C=O) groups excluding carboxylic acids is 1. The van der Waals surface area contributed by atoms with Crippen LogP contribution in [0.3, 0.4) is 0 Å². The molecule has 1 aromatic carbocycles. The number of carbonyl (C=O) groups is 1. The molecular formula is C11H16IN3O3S. The van der Waals surface area contributed by atoms with Crippen LogP contribution < -0.4 is 15.4 Å². The Labute approximate surface area is 126 Å². The van der Waals surface area contributed by atoms with E-state index >= 15 is 0 Å². The molecule has 0 saturated carbocycles. The predicted octanol–water partition coefficient (Wildman–Crippen LogP) is 1.35. The lowest BCUT2D eigenvalue weighted by molar-refractivity contribution is 0.252. The third kappa shape index (κ3) is 8.01. The van der Waals surface area contributed by atoms with E-state index in [4.69, 9.17) is 0 Å². The monoisotopic (exact) mass is 397 g/mol. The minimum absolute atomic E-state index is 0.304. The van der Waals surface area contributed by atoms with Crippen molar-refractivity contribution in [2.75, 3.05) is 24.7 Å². The highest BCUT2D eigenvalue weighted by Crippen LogP contribution is 2.11. The molecule has 0 spiro atoms. The molecule has 1 rings (SSSR count). The van der Waals surface area contributed by atoms with Crippen molar-refractivity contribution in [3.05, 3.63) is 27.8 Å². The van der Waals surface area contributed by atoms with E-state index in [2.05, 4.69) is 37.9 Å². The molecule has 0 fully saturated rings. The number of hydrogen-bond donors (Lipinski definition) is 3. The zero-order valence-corrected chi connectivity index (χ0v) is 13.4. The van der Waals surface area contributed by atoms with Gasteiger partial charge < -0.3 is 10.6 Å². The van der Waals surface area contributed by atoms with Gasteiger partial charge in [0, 0.05) is 22.3 Å². The van der Waals surface area contributed by atoms with E-state index < -0.39 is 10.0 Å². The Bertz CT molecular complexity index is 534. The standard InChI is InChI=1S/C11H16IN3O3S/c1-19(17,18)14-7-3-6-13-11(16)15-10-5-2-4-9(12)8-10/h2,4-5,8,14H,3,6-7H2,1H3,(H2,13,15,16). The summed E-state index contributed by atoms with van der Waals surface area (Å²) in [7, 11) is -3.16. The molecule has 0 aliphatic rings. The van der Waals surface area contributed by atoms with Crippen molar-refractivity contribution in [2.45, 2.75) is 6.42 Å². The second kappa shape index (κ2) is 7.65. The van der Waals surface area contributed by atoms with Crippen LogP contribution in [0.5, 0.6) is 0 Å². The maximum absolute atomic E-state index is 11.5. The van der Waals surface area contributed by atoms with Crippen molar-refractivity contribution in [3.8, 4) is 0 Å². The van der Waals surface area contributed by atoms with Crippen molar-refractivity contribution >= 4 is 44.3 Å². The second-order valence-electron chi connectivity index (χ2n) is 3.91. The number of rotatable bonds is 6. The molecule has 0 saturated heterocycles. The number of benzene rings is 1. The van der Waals surface area contributed by atoms with Gasteiger partial charge in [0.15, 0.2) is 0 Å². The molecule has 0 bridgehead atoms. The van der Waals surface area contributed by atoms with E-state index in [1.54, 1.807) is 6.07 Å². The summed E-state index contributed by atoms with van der Waals surface area (Å²) in [6, 6.07) is 7.13. The third-order valence-corrected chi connectivity index (χ3v) is 3.49. The quantitative estimate of drug-likeness (QED) is 0.500. The molecular weight excluding hydrogens is 381 g/mol. The summed E-state index contributed by atoms with van der Waals surface area (Å²) < 4.78 is 25.0. The Hall–Kier alpha value is -0.870. The smallest absolute Gasteiger partial charge is 0.319 e. The van der Waals surface area contributed by atoms with Gasteiger partial charge in [-0.05, 0) is 47.2 Å². The van der Waals surface area contributed by atoms with Gasteiger partial charge in [-0.15, -0.1) is 0 Å². The Morgan fingerprint density at radius 2 is 2.05 bits per heavy atom. The van der Waals surface area contributed by atoms with Crippen molar-refractivity contribution in [2.24, 2.45) is 0 Å². The Kier molecular flexibility index (Phi) is 6.52. The molecule has 8 heteroatoms. The highest BCUT2D eigenvalue weighted by molar-refractivity contribution is 14.1. The van der Waals surface area contributed by atoms with Crippen LogP contribution in [0.15, 0.2) is 24.3 Å². The summed E-state index contributed by atoms with van der Waals surface area (Å²) in [6.45, 7) is 0.709. The van der Waals surface area contributed by atoms with Crippen LogP contribution in [0.2, 0.25) is 0 Å². The molecule has 2 amide bonds. The number of nitrogens with one attached hydrogen (secondary N) is 3. The lowest BCUT2D eigenvalue weighted by atomic mass is 10.3. The van der Waals surface area contributed by atoms with E-state index in [1.807, 2.05) is 18.2 Å². The van der Waals surface area contributed by atoms with Gasteiger partial charge in [-0.2, -0.15) is 0 Å². The molecule has 3 N–H and O–H groups in total. The zero-order valence-electron chi connectivity index (χ0n) is 10.4. The normalized spacial score (nSPS) is 11.1. The summed E-state index contributed by atoms with van der Waals surface area (Å²) in [6.07, 6.45) is 1.64. The van der Waals surface area contributed by atoms with Gasteiger partial charge in [0.2, 0.25) is 10.0 Å². The average Bonchev–Trinajstić information content (AvgIpc) is 2.26. The first kappa shape index (κ1) is 16.2. The average molecular weight is 397 g/mol. The molecule has 0 atom stereocenters. The highest BCUT2D eigenvalue weighted by atomic mass is 127. The van der Waals surface area contributed by atoms with Crippen LogP contribution in [0.1, 0.15) is 6.42 Å². The van der Waals surface area contributed by atoms with Gasteiger partial charge in [-0.25, -0.2) is 17.9 Å². The van der Waals surface area contributed by atoms with Gasteiger partial charge in [0.05, 0.1) is 6.26 Å². The number of halogens is 1. The summed E-state index contributed by atoms with van der Waals surface area (Å²) in [4.78, 5) is 11.5. The van der Waals surface area contributed by atoms with Gasteiger partial charge >= 0.3 is 6.03 Å². The fraction of sp³-hybridized carbons (Fsp3) is 0.364. The topological polar surface area (TPSA) is 87.3 Å². The van der Waals surface area contributed by atoms with Crippen LogP contribution in [-0.4, -0.2) is 33.8 Å². The molecule has 0 heterocycles. The Morgan fingerprint density at radius 3 is 2.68 bits per heavy atom. The number of sulfonamides is 1. The molecule has 0 radical (unpaired) electrons. The van der Waals surface area contributed by atoms with Crippen molar-refractivity contribution < 1.29 is 13.2 Å². The number of urea groups is 1. The fourth-order valence-electron chi connectivity index (χ4n) is 1.29. The predicted molar refractivity (Wildman–Crippen MR) is 83.6 cm³/mol. The largest absolute Gasteiger partial charge is 0.338 e. The highest BCUT2D eigenvalue weighted by Gasteiger charge is 2.02. The molecule has 19 heavy (non-hydrogen) atoms. The van der Waals surface area contributed by atoms with Crippen molar-refractivity contribution in [1.82, 2.24) is 10.0 Å². The maximum Gasteiger partial charge on any atom is 0.319 e. The van der Waals surface area contributed by atoms with Crippen LogP contribution in [0, 0.1) is 3.57 Å². The summed E-state index contributed by atoms with van der Waals surface area (Å²) in [5.74, 6) is 0.